The third-order valence-corrected chi connectivity index (χ3v) is 13.9. The van der Waals surface area contributed by atoms with Gasteiger partial charge in [0.2, 0.25) is 65.0 Å². The molecule has 31 nitrogen and oxygen atoms in total. The third kappa shape index (κ3) is 27.4. The van der Waals surface area contributed by atoms with Crippen LogP contribution >= 0.6 is 21.6 Å². The van der Waals surface area contributed by atoms with Crippen molar-refractivity contribution in [3.8, 4) is 5.75 Å². The number of carbonyl (C=O) groups excluding carboxylic acids is 11. The summed E-state index contributed by atoms with van der Waals surface area (Å²) in [6.07, 6.45) is -1.33. The van der Waals surface area contributed by atoms with E-state index in [1.165, 1.54) is 17.0 Å². The number of hydrogen-bond donors (Lipinski definition) is 15. The molecule has 7 atom stereocenters. The average Bonchev–Trinajstić information content (AvgIpc) is 3.87. The van der Waals surface area contributed by atoms with Gasteiger partial charge in [-0.05, 0) is 55.4 Å². The molecule has 0 unspecified atom stereocenters. The van der Waals surface area contributed by atoms with E-state index in [1.807, 2.05) is 0 Å². The van der Waals surface area contributed by atoms with Gasteiger partial charge >= 0.3 is 0 Å². The van der Waals surface area contributed by atoms with Crippen molar-refractivity contribution in [1.82, 2.24) is 47.4 Å². The van der Waals surface area contributed by atoms with Gasteiger partial charge in [-0.25, -0.2) is 0 Å². The number of amides is 11. The number of nitrogens with zero attached hydrogens (tertiary/aromatic N) is 1. The minimum atomic E-state index is -1.77. The first kappa shape index (κ1) is 72.7. The monoisotopic (exact) mass is 1180 g/mol. The molecule has 0 saturated carbocycles. The second-order valence-electron chi connectivity index (χ2n) is 17.9. The zero-order chi connectivity index (χ0) is 57.9. The van der Waals surface area contributed by atoms with Crippen LogP contribution in [0.2, 0.25) is 0 Å². The van der Waals surface area contributed by atoms with Crippen molar-refractivity contribution < 1.29 is 84.2 Å². The number of primary amides is 3. The Morgan fingerprint density at radius 2 is 1.28 bits per heavy atom. The molecule has 2 aromatic rings. The van der Waals surface area contributed by atoms with E-state index in [2.05, 4.69) is 42.5 Å². The molecule has 4 rings (SSSR count). The maximum atomic E-state index is 14.6. The highest BCUT2D eigenvalue weighted by molar-refractivity contribution is 8.76. The fourth-order valence-electron chi connectivity index (χ4n) is 7.81. The molecule has 81 heavy (non-hydrogen) atoms. The number of likely N-dealkylation sites (tertiary alicyclic amines) is 1. The molecular formula is C48H74N14O17S2. The summed E-state index contributed by atoms with van der Waals surface area (Å²) < 4.78 is 0. The first-order valence-electron chi connectivity index (χ1n) is 24.5. The zero-order valence-electron chi connectivity index (χ0n) is 44.2. The Balaban J connectivity index is 0.00000883. The Bertz CT molecular complexity index is 2480. The van der Waals surface area contributed by atoms with Crippen LogP contribution in [0.4, 0.5) is 0 Å². The summed E-state index contributed by atoms with van der Waals surface area (Å²) in [5, 5.41) is 45.2. The summed E-state index contributed by atoms with van der Waals surface area (Å²) in [4.78, 5) is 158. The molecule has 2 saturated heterocycles. The molecule has 0 aromatic heterocycles. The van der Waals surface area contributed by atoms with Crippen LogP contribution in [0, 0.1) is 5.41 Å². The van der Waals surface area contributed by atoms with E-state index >= 15 is 0 Å². The largest absolute Gasteiger partial charge is 0.508 e. The molecule has 0 radical (unpaired) electrons. The summed E-state index contributed by atoms with van der Waals surface area (Å²) in [7, 11) is 2.18. The van der Waals surface area contributed by atoms with Gasteiger partial charge in [-0.3, -0.25) is 62.9 Å². The van der Waals surface area contributed by atoms with Gasteiger partial charge < -0.3 is 97.0 Å². The highest BCUT2D eigenvalue weighted by Gasteiger charge is 2.40. The van der Waals surface area contributed by atoms with Crippen LogP contribution in [0.1, 0.15) is 69.4 Å². The van der Waals surface area contributed by atoms with Gasteiger partial charge in [-0.1, -0.05) is 64.1 Å². The van der Waals surface area contributed by atoms with E-state index < -0.39 is 139 Å². The highest BCUT2D eigenvalue weighted by atomic mass is 33.1. The Labute approximate surface area is 472 Å². The van der Waals surface area contributed by atoms with Crippen LogP contribution < -0.4 is 65.5 Å². The van der Waals surface area contributed by atoms with Crippen LogP contribution in [-0.2, 0) is 70.4 Å². The first-order chi connectivity index (χ1) is 36.9. The lowest BCUT2D eigenvalue weighted by Crippen LogP contribution is -2.61. The lowest BCUT2D eigenvalue weighted by molar-refractivity contribution is -0.142. The molecule has 0 aliphatic carbocycles. The quantitative estimate of drug-likeness (QED) is 0.0269. The van der Waals surface area contributed by atoms with E-state index in [-0.39, 0.29) is 91.3 Å². The molecule has 450 valence electrons. The number of phenols is 1. The lowest BCUT2D eigenvalue weighted by atomic mass is 10.0. The second-order valence-corrected chi connectivity index (χ2v) is 20.5. The number of phenolic OH excluding ortho intramolecular Hbond substituents is 1. The molecule has 11 amide bonds. The number of benzene rings is 2. The number of guanidine groups is 1. The van der Waals surface area contributed by atoms with Crippen molar-refractivity contribution in [3.05, 3.63) is 65.7 Å². The van der Waals surface area contributed by atoms with E-state index in [4.69, 9.17) is 38.2 Å². The normalized spacial score (nSPS) is 20.2. The number of carbonyl (C=O) groups is 12. The van der Waals surface area contributed by atoms with Gasteiger partial charge in [0, 0.05) is 57.2 Å². The number of nitrogens with one attached hydrogen (secondary N) is 9. The first-order valence-corrected chi connectivity index (χ1v) is 27.0. The Kier molecular flexibility index (Phi) is 33.7. The summed E-state index contributed by atoms with van der Waals surface area (Å²) >= 11 is 0. The van der Waals surface area contributed by atoms with E-state index in [0.717, 1.165) is 28.5 Å². The molecule has 2 heterocycles. The molecule has 25 N–H and O–H groups in total. The molecular weight excluding hydrogens is 1110 g/mol. The van der Waals surface area contributed by atoms with Gasteiger partial charge in [-0.15, -0.1) is 0 Å². The van der Waals surface area contributed by atoms with Crippen LogP contribution in [-0.4, -0.2) is 182 Å². The molecule has 2 aliphatic rings. The highest BCUT2D eigenvalue weighted by Crippen LogP contribution is 2.26. The lowest BCUT2D eigenvalue weighted by Gasteiger charge is -2.31. The fourth-order valence-corrected chi connectivity index (χ4v) is 9.95. The van der Waals surface area contributed by atoms with Gasteiger partial charge in [0.1, 0.15) is 48.0 Å². The number of hydrogen-bond acceptors (Lipinski definition) is 16. The zero-order valence-corrected chi connectivity index (χ0v) is 45.8. The molecule has 33 heteroatoms. The summed E-state index contributed by atoms with van der Waals surface area (Å²) in [5.74, 6) is -10.7. The van der Waals surface area contributed by atoms with E-state index in [1.54, 1.807) is 42.5 Å². The number of rotatable bonds is 19. The average molecular weight is 1180 g/mol. The van der Waals surface area contributed by atoms with Crippen molar-refractivity contribution in [1.29, 1.82) is 5.41 Å². The predicted molar refractivity (Wildman–Crippen MR) is 296 cm³/mol. The predicted octanol–water partition coefficient (Wildman–Crippen LogP) is -6.52. The van der Waals surface area contributed by atoms with Crippen LogP contribution in [0.5, 0.6) is 5.75 Å². The molecule has 2 fully saturated rings. The van der Waals surface area contributed by atoms with Gasteiger partial charge in [0.25, 0.3) is 5.97 Å². The van der Waals surface area contributed by atoms with Gasteiger partial charge in [0.05, 0.1) is 13.0 Å². The third-order valence-electron chi connectivity index (χ3n) is 11.5. The number of carboxylic acid groups (broad SMARTS) is 1. The molecule has 0 spiro atoms. The Hall–Kier alpha value is -8.27. The van der Waals surface area contributed by atoms with E-state index in [0.29, 0.717) is 17.5 Å². The number of nitrogens with two attached hydrogens (primary N) is 4. The van der Waals surface area contributed by atoms with Crippen molar-refractivity contribution in [2.75, 3.05) is 31.1 Å². The minimum absolute atomic E-state index is 0. The van der Waals surface area contributed by atoms with Crippen molar-refractivity contribution in [3.63, 3.8) is 0 Å². The van der Waals surface area contributed by atoms with Gasteiger partial charge in [0.15, 0.2) is 5.96 Å². The molecule has 0 bridgehead atoms. The SMILES string of the molecule is CC(=O)O.N=C(N)NCCC[C@@H](NC(=O)[C@@H]1CCCN1C(=O)[C@@H]1CSSCCC(=O)N[C@@H](Cc2ccc(O)cc2)C(=O)N[C@@H](Cc2ccccc2)C(=O)N[C@@H](CCC(N)=O)C(=O)N[C@@H](CC(N)=O)C(=O)N1)C(=O)NCC(N)=O.O.O.O. The standard InChI is InChI=1S/C46H64N14O12S2.C2H4O2.3H2O/c47-35(62)15-14-29-40(67)58-32(22-36(48)63)43(70)59-33(45(72)60-18-5-9-34(60)44(71)56-28(8-4-17-52-46(50)51)39(66)53-23-37(49)64)24-74-73-19-16-38(65)54-30(21-26-10-12-27(61)13-11-26)41(68)57-31(42(69)55-29)20-25-6-2-1-3-7-25;1-2(3)4;;;/h1-3,6-7,10-13,28-34,61H,4-5,8-9,14-24H2,(H2,47,62)(H2,48,63)(H2,49,64)(H,53,66)(H,54,65)(H,55,69)(H,56,71)(H,57,68)(H,58,67)(H,59,70)(H4,50,51,52);1H3,(H,3,4);3*1H2/t28-,29+,30+,31+,32+,33+,34+;;;;/m1..../s1. The minimum Gasteiger partial charge on any atom is -0.508 e. The molecule has 2 aromatic carbocycles. The maximum absolute atomic E-state index is 14.6. The Morgan fingerprint density at radius 1 is 0.728 bits per heavy atom. The maximum Gasteiger partial charge on any atom is 0.300 e. The van der Waals surface area contributed by atoms with Crippen molar-refractivity contribution >= 4 is 98.5 Å². The number of aliphatic carboxylic acids is 1. The van der Waals surface area contributed by atoms with Crippen molar-refractivity contribution in [2.24, 2.45) is 22.9 Å². The van der Waals surface area contributed by atoms with Crippen LogP contribution in [0.15, 0.2) is 54.6 Å². The van der Waals surface area contributed by atoms with Crippen LogP contribution in [0.25, 0.3) is 0 Å². The van der Waals surface area contributed by atoms with Gasteiger partial charge in [-0.2, -0.15) is 0 Å². The summed E-state index contributed by atoms with van der Waals surface area (Å²) in [6.45, 7) is 0.740. The fraction of sp³-hybridized carbons (Fsp3) is 0.479. The van der Waals surface area contributed by atoms with Crippen molar-refractivity contribution in [2.45, 2.75) is 113 Å². The number of carboxylic acids is 1. The molecule has 2 aliphatic heterocycles. The second kappa shape index (κ2) is 37.6. The Morgan fingerprint density at radius 3 is 1.86 bits per heavy atom. The summed E-state index contributed by atoms with van der Waals surface area (Å²) in [5.41, 5.74) is 22.7. The topological polar surface area (TPSA) is 567 Å². The number of aromatic hydroxyl groups is 1. The van der Waals surface area contributed by atoms with E-state index in [9.17, 15) is 57.8 Å². The van der Waals surface area contributed by atoms with Crippen LogP contribution in [0.3, 0.4) is 0 Å². The smallest absolute Gasteiger partial charge is 0.300 e. The summed E-state index contributed by atoms with van der Waals surface area (Å²) in [6, 6.07) is 4.50.